The Morgan fingerprint density at radius 3 is 3.00 bits per heavy atom. The van der Waals surface area contributed by atoms with Crippen LogP contribution in [0.25, 0.3) is 0 Å². The molecule has 0 aromatic carbocycles. The normalized spacial score (nSPS) is 21.9. The van der Waals surface area contributed by atoms with Crippen molar-refractivity contribution in [2.24, 2.45) is 5.92 Å². The molecule has 1 N–H and O–H groups in total. The Morgan fingerprint density at radius 1 is 1.53 bits per heavy atom. The van der Waals surface area contributed by atoms with Crippen LogP contribution in [0.15, 0.2) is 4.42 Å². The zero-order chi connectivity index (χ0) is 10.7. The molecule has 15 heavy (non-hydrogen) atoms. The van der Waals surface area contributed by atoms with E-state index in [9.17, 15) is 0 Å². The Labute approximate surface area is 91.3 Å². The lowest BCUT2D eigenvalue weighted by Gasteiger charge is -2.21. The number of nitrogens with zero attached hydrogens (tertiary/aromatic N) is 1. The Bertz CT molecular complexity index is 313. The molecule has 2 heterocycles. The smallest absolute Gasteiger partial charge is 0.194 e. The number of hydrogen-bond acceptors (Lipinski definition) is 3. The van der Waals surface area contributed by atoms with Crippen molar-refractivity contribution in [3.05, 3.63) is 17.3 Å². The maximum Gasteiger partial charge on any atom is 0.194 e. The Hall–Kier alpha value is -0.830. The van der Waals surface area contributed by atoms with Gasteiger partial charge in [0.05, 0.1) is 5.69 Å². The van der Waals surface area contributed by atoms with Crippen LogP contribution in [0.2, 0.25) is 0 Å². The van der Waals surface area contributed by atoms with E-state index >= 15 is 0 Å². The molecule has 0 spiro atoms. The van der Waals surface area contributed by atoms with Gasteiger partial charge in [-0.15, -0.1) is 0 Å². The molecular weight excluding hydrogens is 188 g/mol. The number of rotatable bonds is 3. The van der Waals surface area contributed by atoms with E-state index < -0.39 is 0 Å². The minimum Gasteiger partial charge on any atom is -0.445 e. The topological polar surface area (TPSA) is 38.1 Å². The van der Waals surface area contributed by atoms with E-state index in [-0.39, 0.29) is 0 Å². The molecule has 3 nitrogen and oxygen atoms in total. The summed E-state index contributed by atoms with van der Waals surface area (Å²) < 4.78 is 5.73. The second-order valence-electron chi connectivity index (χ2n) is 4.39. The molecule has 0 bridgehead atoms. The van der Waals surface area contributed by atoms with Gasteiger partial charge in [-0.1, -0.05) is 6.92 Å². The zero-order valence-electron chi connectivity index (χ0n) is 9.68. The third kappa shape index (κ3) is 2.59. The Kier molecular flexibility index (Phi) is 3.41. The van der Waals surface area contributed by atoms with Gasteiger partial charge < -0.3 is 9.73 Å². The fourth-order valence-electron chi connectivity index (χ4n) is 2.25. The Morgan fingerprint density at radius 2 is 2.40 bits per heavy atom. The summed E-state index contributed by atoms with van der Waals surface area (Å²) in [7, 11) is 0. The average molecular weight is 208 g/mol. The lowest BCUT2D eigenvalue weighted by atomic mass is 9.96. The van der Waals surface area contributed by atoms with E-state index in [2.05, 4.69) is 17.2 Å². The van der Waals surface area contributed by atoms with Gasteiger partial charge in [-0.05, 0) is 38.8 Å². The van der Waals surface area contributed by atoms with Crippen LogP contribution < -0.4 is 5.32 Å². The van der Waals surface area contributed by atoms with Crippen molar-refractivity contribution in [1.29, 1.82) is 0 Å². The van der Waals surface area contributed by atoms with Gasteiger partial charge in [0.25, 0.3) is 0 Å². The first-order valence-corrected chi connectivity index (χ1v) is 5.95. The summed E-state index contributed by atoms with van der Waals surface area (Å²) in [5.41, 5.74) is 1.07. The number of hydrogen-bond donors (Lipinski definition) is 1. The molecule has 0 amide bonds. The van der Waals surface area contributed by atoms with Gasteiger partial charge in [-0.3, -0.25) is 0 Å². The number of piperidine rings is 1. The van der Waals surface area contributed by atoms with E-state index in [0.717, 1.165) is 36.7 Å². The van der Waals surface area contributed by atoms with Crippen molar-refractivity contribution in [3.63, 3.8) is 0 Å². The van der Waals surface area contributed by atoms with E-state index in [1.54, 1.807) is 0 Å². The van der Waals surface area contributed by atoms with Crippen molar-refractivity contribution in [1.82, 2.24) is 10.3 Å². The first-order valence-electron chi connectivity index (χ1n) is 5.95. The number of nitrogens with one attached hydrogen (secondary N) is 1. The summed E-state index contributed by atoms with van der Waals surface area (Å²) in [6.45, 7) is 6.43. The van der Waals surface area contributed by atoms with Gasteiger partial charge in [0.2, 0.25) is 0 Å². The predicted molar refractivity (Wildman–Crippen MR) is 59.9 cm³/mol. The molecule has 0 saturated carbocycles. The highest BCUT2D eigenvalue weighted by atomic mass is 16.4. The van der Waals surface area contributed by atoms with Crippen LogP contribution in [-0.2, 0) is 12.8 Å². The summed E-state index contributed by atoms with van der Waals surface area (Å²) >= 11 is 0. The van der Waals surface area contributed by atoms with Gasteiger partial charge >= 0.3 is 0 Å². The monoisotopic (exact) mass is 208 g/mol. The van der Waals surface area contributed by atoms with Crippen LogP contribution in [0.1, 0.15) is 37.1 Å². The molecule has 1 aromatic heterocycles. The summed E-state index contributed by atoms with van der Waals surface area (Å²) in [6.07, 6.45) is 4.52. The second kappa shape index (κ2) is 4.79. The molecule has 1 atom stereocenters. The lowest BCUT2D eigenvalue weighted by molar-refractivity contribution is 0.340. The largest absolute Gasteiger partial charge is 0.445 e. The molecular formula is C12H20N2O. The summed E-state index contributed by atoms with van der Waals surface area (Å²) in [5, 5.41) is 3.42. The van der Waals surface area contributed by atoms with Crippen molar-refractivity contribution in [2.75, 3.05) is 13.1 Å². The fraction of sp³-hybridized carbons (Fsp3) is 0.750. The molecule has 84 valence electrons. The Balaban J connectivity index is 1.97. The van der Waals surface area contributed by atoms with Crippen LogP contribution >= 0.6 is 0 Å². The standard InChI is InChI=1S/C12H20N2O/c1-3-11-9(2)14-12(15-11)7-10-5-4-6-13-8-10/h10,13H,3-8H2,1-2H3. The van der Waals surface area contributed by atoms with E-state index in [1.165, 1.54) is 19.4 Å². The molecule has 1 aliphatic heterocycles. The molecule has 1 fully saturated rings. The first-order chi connectivity index (χ1) is 7.29. The zero-order valence-corrected chi connectivity index (χ0v) is 9.68. The number of oxazole rings is 1. The maximum absolute atomic E-state index is 5.73. The molecule has 1 saturated heterocycles. The number of aryl methyl sites for hydroxylation is 2. The molecule has 1 aromatic rings. The van der Waals surface area contributed by atoms with Gasteiger partial charge in [0, 0.05) is 12.8 Å². The van der Waals surface area contributed by atoms with E-state index in [4.69, 9.17) is 4.42 Å². The number of aromatic nitrogens is 1. The minimum absolute atomic E-state index is 0.710. The van der Waals surface area contributed by atoms with Crippen molar-refractivity contribution in [3.8, 4) is 0 Å². The van der Waals surface area contributed by atoms with Gasteiger partial charge in [0.1, 0.15) is 5.76 Å². The SMILES string of the molecule is CCc1oc(CC2CCCNC2)nc1C. The molecule has 1 aliphatic rings. The molecule has 2 rings (SSSR count). The van der Waals surface area contributed by atoms with Gasteiger partial charge in [0.15, 0.2) is 5.89 Å². The predicted octanol–water partition coefficient (Wildman–Crippen LogP) is 2.09. The second-order valence-corrected chi connectivity index (χ2v) is 4.39. The molecule has 1 unspecified atom stereocenters. The van der Waals surface area contributed by atoms with Crippen LogP contribution in [-0.4, -0.2) is 18.1 Å². The van der Waals surface area contributed by atoms with Crippen molar-refractivity contribution < 1.29 is 4.42 Å². The lowest BCUT2D eigenvalue weighted by Crippen LogP contribution is -2.30. The highest BCUT2D eigenvalue weighted by Crippen LogP contribution is 2.18. The van der Waals surface area contributed by atoms with Crippen LogP contribution in [0.3, 0.4) is 0 Å². The average Bonchev–Trinajstić information content (AvgIpc) is 2.60. The summed E-state index contributed by atoms with van der Waals surface area (Å²) in [6, 6.07) is 0. The molecule has 3 heteroatoms. The van der Waals surface area contributed by atoms with Crippen LogP contribution in [0.5, 0.6) is 0 Å². The third-order valence-corrected chi connectivity index (χ3v) is 3.12. The van der Waals surface area contributed by atoms with Gasteiger partial charge in [-0.25, -0.2) is 4.98 Å². The highest BCUT2D eigenvalue weighted by molar-refractivity contribution is 5.07. The quantitative estimate of drug-likeness (QED) is 0.826. The van der Waals surface area contributed by atoms with Gasteiger partial charge in [-0.2, -0.15) is 0 Å². The summed E-state index contributed by atoms with van der Waals surface area (Å²) in [5.74, 6) is 2.69. The highest BCUT2D eigenvalue weighted by Gasteiger charge is 2.17. The minimum atomic E-state index is 0.710. The van der Waals surface area contributed by atoms with Crippen molar-refractivity contribution >= 4 is 0 Å². The maximum atomic E-state index is 5.73. The van der Waals surface area contributed by atoms with Crippen molar-refractivity contribution in [2.45, 2.75) is 39.5 Å². The fourth-order valence-corrected chi connectivity index (χ4v) is 2.25. The summed E-state index contributed by atoms with van der Waals surface area (Å²) in [4.78, 5) is 4.48. The first kappa shape index (κ1) is 10.7. The molecule has 0 aliphatic carbocycles. The van der Waals surface area contributed by atoms with E-state index in [1.807, 2.05) is 6.92 Å². The van der Waals surface area contributed by atoms with Crippen LogP contribution in [0.4, 0.5) is 0 Å². The molecule has 0 radical (unpaired) electrons. The van der Waals surface area contributed by atoms with Crippen LogP contribution in [0, 0.1) is 12.8 Å². The van der Waals surface area contributed by atoms with E-state index in [0.29, 0.717) is 5.92 Å². The third-order valence-electron chi connectivity index (χ3n) is 3.12.